The molecule has 18 heteroatoms. The van der Waals surface area contributed by atoms with E-state index in [9.17, 15) is 10.2 Å². The van der Waals surface area contributed by atoms with Crippen LogP contribution in [0.4, 0.5) is 23.5 Å². The van der Waals surface area contributed by atoms with Crippen LogP contribution in [0.25, 0.3) is 41.6 Å². The SMILES string of the molecule is Cc1nc(N[C@H](C)C2CC2)nc(N[C@@H]2C[C@H](C3CC3)[C@@H](O)[C@H]2O)c1-c1nc2c(C)nccc2s1.Cc1nc(N[C@H](C)C2CC2)nc(N[C@@H]2C[C@H](C3CC3)[C@H]3OC(C)(C)O[C@H]32)c1-c1nc2c(C)nccc2s1. The second kappa shape index (κ2) is 18.3. The largest absolute Gasteiger partial charge is 0.390 e. The average Bonchev–Trinajstić information content (AvgIpc) is 4.14. The first-order valence-electron chi connectivity index (χ1n) is 26.1. The van der Waals surface area contributed by atoms with Crippen molar-refractivity contribution < 1.29 is 19.7 Å². The third-order valence-corrected chi connectivity index (χ3v) is 18.4. The normalized spacial score (nSPS) is 28.6. The number of nitrogens with one attached hydrogen (secondary N) is 4. The molecule has 6 aromatic rings. The fourth-order valence-corrected chi connectivity index (χ4v) is 13.9. The van der Waals surface area contributed by atoms with Gasteiger partial charge in [-0.05, 0) is 167 Å². The summed E-state index contributed by atoms with van der Waals surface area (Å²) in [6.07, 6.45) is 14.0. The van der Waals surface area contributed by atoms with Crippen LogP contribution in [0.15, 0.2) is 24.5 Å². The van der Waals surface area contributed by atoms with E-state index in [0.29, 0.717) is 53.5 Å². The van der Waals surface area contributed by atoms with E-state index in [1.165, 1.54) is 38.5 Å². The molecule has 7 heterocycles. The summed E-state index contributed by atoms with van der Waals surface area (Å²) < 4.78 is 15.1. The third-order valence-electron chi connectivity index (χ3n) is 16.3. The van der Waals surface area contributed by atoms with Gasteiger partial charge in [0.15, 0.2) is 5.79 Å². The van der Waals surface area contributed by atoms with Gasteiger partial charge in [-0.1, -0.05) is 0 Å². The molecule has 376 valence electrons. The first-order chi connectivity index (χ1) is 34.1. The van der Waals surface area contributed by atoms with Crippen molar-refractivity contribution in [1.29, 1.82) is 0 Å². The van der Waals surface area contributed by atoms with Gasteiger partial charge in [0.25, 0.3) is 0 Å². The molecule has 0 aromatic carbocycles. The molecule has 6 N–H and O–H groups in total. The van der Waals surface area contributed by atoms with Crippen molar-refractivity contribution in [1.82, 2.24) is 39.9 Å². The summed E-state index contributed by atoms with van der Waals surface area (Å²) in [4.78, 5) is 38.4. The number of fused-ring (bicyclic) bond motifs is 3. The lowest BCUT2D eigenvalue weighted by Gasteiger charge is -2.25. The van der Waals surface area contributed by atoms with E-state index < -0.39 is 18.0 Å². The first-order valence-corrected chi connectivity index (χ1v) is 27.8. The van der Waals surface area contributed by atoms with Crippen LogP contribution in [0, 0.1) is 63.2 Å². The van der Waals surface area contributed by atoms with Crippen LogP contribution in [0.5, 0.6) is 0 Å². The van der Waals surface area contributed by atoms with E-state index in [4.69, 9.17) is 39.4 Å². The Morgan fingerprint density at radius 1 is 0.577 bits per heavy atom. The van der Waals surface area contributed by atoms with E-state index in [1.54, 1.807) is 22.7 Å². The van der Waals surface area contributed by atoms with Crippen molar-refractivity contribution in [2.45, 2.75) is 174 Å². The minimum absolute atomic E-state index is 0.00679. The molecule has 6 aliphatic carbocycles. The monoisotopic (exact) mass is 1000 g/mol. The van der Waals surface area contributed by atoms with Crippen molar-refractivity contribution in [2.75, 3.05) is 21.3 Å². The molecule has 13 rings (SSSR count). The van der Waals surface area contributed by atoms with Crippen LogP contribution in [-0.4, -0.2) is 104 Å². The highest BCUT2D eigenvalue weighted by atomic mass is 32.1. The van der Waals surface area contributed by atoms with Crippen LogP contribution in [0.3, 0.4) is 0 Å². The van der Waals surface area contributed by atoms with Gasteiger partial charge in [-0.3, -0.25) is 9.97 Å². The number of aliphatic hydroxyl groups is 2. The van der Waals surface area contributed by atoms with Gasteiger partial charge in [0, 0.05) is 24.5 Å². The van der Waals surface area contributed by atoms with E-state index in [2.05, 4.69) is 52.0 Å². The first kappa shape index (κ1) is 47.3. The number of anilines is 4. The lowest BCUT2D eigenvalue weighted by Crippen LogP contribution is -2.35. The molecule has 0 spiro atoms. The summed E-state index contributed by atoms with van der Waals surface area (Å²) in [5, 5.41) is 37.7. The number of pyridine rings is 2. The quantitative estimate of drug-likeness (QED) is 0.0600. The summed E-state index contributed by atoms with van der Waals surface area (Å²) in [5.41, 5.74) is 7.24. The van der Waals surface area contributed by atoms with E-state index >= 15 is 0 Å². The molecule has 6 saturated carbocycles. The molecule has 7 fully saturated rings. The minimum atomic E-state index is -0.822. The number of ether oxygens (including phenoxy) is 2. The van der Waals surface area contributed by atoms with Gasteiger partial charge in [-0.2, -0.15) is 9.97 Å². The number of thiazole rings is 2. The van der Waals surface area contributed by atoms with E-state index in [1.807, 2.05) is 59.1 Å². The summed E-state index contributed by atoms with van der Waals surface area (Å²) >= 11 is 3.27. The number of nitrogens with zero attached hydrogens (tertiary/aromatic N) is 8. The maximum Gasteiger partial charge on any atom is 0.225 e. The third kappa shape index (κ3) is 9.57. The zero-order valence-electron chi connectivity index (χ0n) is 42.1. The lowest BCUT2D eigenvalue weighted by atomic mass is 9.99. The smallest absolute Gasteiger partial charge is 0.225 e. The molecule has 0 unspecified atom stereocenters. The number of aliphatic hydroxyl groups excluding tert-OH is 2. The Labute approximate surface area is 423 Å². The molecule has 0 amide bonds. The van der Waals surface area contributed by atoms with Crippen molar-refractivity contribution in [3.05, 3.63) is 47.3 Å². The molecule has 71 heavy (non-hydrogen) atoms. The molecular formula is C53H68N12O4S2. The predicted octanol–water partition coefficient (Wildman–Crippen LogP) is 9.61. The Balaban J connectivity index is 0.000000146. The van der Waals surface area contributed by atoms with Crippen molar-refractivity contribution in [2.24, 2.45) is 35.5 Å². The summed E-state index contributed by atoms with van der Waals surface area (Å²) in [5.74, 6) is 5.53. The van der Waals surface area contributed by atoms with Gasteiger partial charge in [-0.25, -0.2) is 19.9 Å². The summed E-state index contributed by atoms with van der Waals surface area (Å²) in [6.45, 7) is 16.5. The molecule has 16 nitrogen and oxygen atoms in total. The molecule has 7 aliphatic rings. The molecule has 10 atom stereocenters. The average molecular weight is 1000 g/mol. The van der Waals surface area contributed by atoms with Crippen LogP contribution in [0.1, 0.15) is 115 Å². The van der Waals surface area contributed by atoms with Gasteiger partial charge < -0.3 is 41.0 Å². The standard InChI is InChI=1S/C28H36N6O2S.C25H32N6O2S/c1-13(16-6-7-16)30-27-31-14(2)21(26-33-22-15(3)29-11-10-20(22)37-26)25(34-27)32-19-12-18(17-8-9-17)23-24(19)36-28(4,5)35-23;1-11(14-4-5-14)27-25-28-12(2)19(24-30-20-13(3)26-9-8-18(20)34-24)23(31-25)29-17-10-16(15-6-7-15)21(32)22(17)33/h10-11,13,16-19,23-24H,6-9,12H2,1-5H3,(H2,30,31,32,34);8-9,11,14-17,21-22,32-33H,4-7,10H2,1-3H3,(H2,27,28,29,31)/t13-,18-,19-,23-,24+;11-,16-,17-,21-,22+/m11/s1. The minimum Gasteiger partial charge on any atom is -0.390 e. The zero-order chi connectivity index (χ0) is 49.0. The summed E-state index contributed by atoms with van der Waals surface area (Å²) in [6, 6.07) is 4.55. The molecule has 1 aliphatic heterocycles. The van der Waals surface area contributed by atoms with E-state index in [0.717, 1.165) is 102 Å². The van der Waals surface area contributed by atoms with Gasteiger partial charge in [0.05, 0.1) is 67.6 Å². The molecule has 1 saturated heterocycles. The molecule has 0 bridgehead atoms. The number of aromatic nitrogens is 8. The number of rotatable bonds is 14. The Hall–Kier alpha value is -4.72. The van der Waals surface area contributed by atoms with Crippen molar-refractivity contribution in [3.8, 4) is 21.1 Å². The van der Waals surface area contributed by atoms with Crippen LogP contribution in [-0.2, 0) is 9.47 Å². The highest BCUT2D eigenvalue weighted by Gasteiger charge is 2.57. The van der Waals surface area contributed by atoms with Gasteiger partial charge in [0.2, 0.25) is 11.9 Å². The fraction of sp³-hybridized carbons (Fsp3) is 0.623. The lowest BCUT2D eigenvalue weighted by molar-refractivity contribution is -0.158. The van der Waals surface area contributed by atoms with Crippen LogP contribution in [0.2, 0.25) is 0 Å². The highest BCUT2D eigenvalue weighted by Crippen LogP contribution is 2.53. The topological polar surface area (TPSA) is 210 Å². The van der Waals surface area contributed by atoms with E-state index in [-0.39, 0.29) is 30.2 Å². The maximum absolute atomic E-state index is 10.9. The Morgan fingerprint density at radius 2 is 1.04 bits per heavy atom. The molecule has 6 aromatic heterocycles. The van der Waals surface area contributed by atoms with Crippen LogP contribution >= 0.6 is 22.7 Å². The molecule has 0 radical (unpaired) electrons. The second-order valence-electron chi connectivity index (χ2n) is 22.3. The molecular weight excluding hydrogens is 933 g/mol. The van der Waals surface area contributed by atoms with Crippen molar-refractivity contribution >= 4 is 66.6 Å². The zero-order valence-corrected chi connectivity index (χ0v) is 43.7. The Morgan fingerprint density at radius 3 is 1.52 bits per heavy atom. The highest BCUT2D eigenvalue weighted by molar-refractivity contribution is 7.22. The van der Waals surface area contributed by atoms with Crippen LogP contribution < -0.4 is 21.3 Å². The second-order valence-corrected chi connectivity index (χ2v) is 24.4. The predicted molar refractivity (Wildman–Crippen MR) is 280 cm³/mol. The summed E-state index contributed by atoms with van der Waals surface area (Å²) in [7, 11) is 0. The number of aryl methyl sites for hydroxylation is 4. The maximum atomic E-state index is 10.9. The van der Waals surface area contributed by atoms with Crippen molar-refractivity contribution in [3.63, 3.8) is 0 Å². The van der Waals surface area contributed by atoms with Gasteiger partial charge in [0.1, 0.15) is 44.9 Å². The van der Waals surface area contributed by atoms with Gasteiger partial charge in [-0.15, -0.1) is 22.7 Å². The fourth-order valence-electron chi connectivity index (χ4n) is 11.7. The van der Waals surface area contributed by atoms with Gasteiger partial charge >= 0.3 is 0 Å². The Kier molecular flexibility index (Phi) is 12.2. The number of hydrogen-bond donors (Lipinski definition) is 6. The Bertz CT molecular complexity index is 2970. The number of hydrogen-bond acceptors (Lipinski definition) is 18.